The Morgan fingerprint density at radius 1 is 1.04 bits per heavy atom. The third kappa shape index (κ3) is 3.89. The fourth-order valence-electron chi connectivity index (χ4n) is 2.30. The molecule has 126 valence electrons. The molecular weight excluding hydrogens is 338 g/mol. The first kappa shape index (κ1) is 16.8. The highest BCUT2D eigenvalue weighted by atomic mass is 32.1. The third-order valence-electron chi connectivity index (χ3n) is 3.51. The van der Waals surface area contributed by atoms with Crippen LogP contribution >= 0.6 is 11.3 Å². The maximum absolute atomic E-state index is 12.1. The average molecular weight is 353 g/mol. The van der Waals surface area contributed by atoms with Crippen LogP contribution in [0, 0.1) is 0 Å². The van der Waals surface area contributed by atoms with Crippen molar-refractivity contribution in [3.05, 3.63) is 58.4 Å². The summed E-state index contributed by atoms with van der Waals surface area (Å²) in [5, 5.41) is 6.15. The summed E-state index contributed by atoms with van der Waals surface area (Å²) >= 11 is 1.11. The van der Waals surface area contributed by atoms with E-state index in [1.807, 2.05) is 12.1 Å². The number of nitrogens with one attached hydrogen (secondary N) is 2. The monoisotopic (exact) mass is 353 g/mol. The number of hydrogen-bond donors (Lipinski definition) is 2. The van der Waals surface area contributed by atoms with E-state index in [9.17, 15) is 14.4 Å². The molecule has 6 nitrogen and oxygen atoms in total. The summed E-state index contributed by atoms with van der Waals surface area (Å²) in [6.45, 7) is 1.28. The Labute approximate surface area is 147 Å². The largest absolute Gasteiger partial charge is 0.342 e. The van der Waals surface area contributed by atoms with Crippen molar-refractivity contribution < 1.29 is 14.4 Å². The number of fused-ring (bicyclic) bond motifs is 1. The normalized spacial score (nSPS) is 10.4. The Morgan fingerprint density at radius 3 is 2.60 bits per heavy atom. The van der Waals surface area contributed by atoms with Gasteiger partial charge in [-0.15, -0.1) is 11.3 Å². The summed E-state index contributed by atoms with van der Waals surface area (Å²) in [7, 11) is 0. The molecule has 0 saturated carbocycles. The SMILES string of the molecule is CC(=O)c1ccc(C(=O)NCC(=O)Nc2cccc3ncccc23)s1. The number of aromatic nitrogens is 1. The molecule has 1 aromatic carbocycles. The molecule has 25 heavy (non-hydrogen) atoms. The number of anilines is 1. The Morgan fingerprint density at radius 2 is 1.84 bits per heavy atom. The van der Waals surface area contributed by atoms with Gasteiger partial charge in [-0.1, -0.05) is 6.07 Å². The second-order valence-electron chi connectivity index (χ2n) is 5.33. The second-order valence-corrected chi connectivity index (χ2v) is 6.41. The van der Waals surface area contributed by atoms with E-state index in [1.165, 1.54) is 6.92 Å². The number of ketones is 1. The number of nitrogens with zero attached hydrogens (tertiary/aromatic N) is 1. The molecule has 3 rings (SSSR count). The van der Waals surface area contributed by atoms with Gasteiger partial charge in [0.2, 0.25) is 5.91 Å². The fraction of sp³-hybridized carbons (Fsp3) is 0.111. The zero-order valence-corrected chi connectivity index (χ0v) is 14.2. The van der Waals surface area contributed by atoms with Gasteiger partial charge >= 0.3 is 0 Å². The average Bonchev–Trinajstić information content (AvgIpc) is 3.10. The van der Waals surface area contributed by atoms with E-state index in [-0.39, 0.29) is 24.1 Å². The first-order chi connectivity index (χ1) is 12.0. The molecule has 0 radical (unpaired) electrons. The summed E-state index contributed by atoms with van der Waals surface area (Å²) in [5.74, 6) is -0.813. The van der Waals surface area contributed by atoms with Gasteiger partial charge in [0.25, 0.3) is 5.91 Å². The maximum Gasteiger partial charge on any atom is 0.261 e. The zero-order chi connectivity index (χ0) is 17.8. The highest BCUT2D eigenvalue weighted by Gasteiger charge is 2.13. The first-order valence-corrected chi connectivity index (χ1v) is 8.39. The quantitative estimate of drug-likeness (QED) is 0.691. The maximum atomic E-state index is 12.1. The van der Waals surface area contributed by atoms with Crippen LogP contribution in [0.2, 0.25) is 0 Å². The minimum Gasteiger partial charge on any atom is -0.342 e. The lowest BCUT2D eigenvalue weighted by atomic mass is 10.2. The standard InChI is InChI=1S/C18H15N3O3S/c1-11(22)15-7-8-16(25-15)18(24)20-10-17(23)21-14-6-2-5-13-12(14)4-3-9-19-13/h2-9H,10H2,1H3,(H,20,24)(H,21,23). The van der Waals surface area contributed by atoms with Crippen LogP contribution in [0.3, 0.4) is 0 Å². The van der Waals surface area contributed by atoms with E-state index < -0.39 is 0 Å². The first-order valence-electron chi connectivity index (χ1n) is 7.57. The van der Waals surface area contributed by atoms with Crippen LogP contribution in [0.4, 0.5) is 5.69 Å². The number of pyridine rings is 1. The number of Topliss-reactive ketones (excluding diaryl/α,β-unsaturated/α-hetero) is 1. The Bertz CT molecular complexity index is 960. The lowest BCUT2D eigenvalue weighted by Crippen LogP contribution is -2.32. The molecule has 0 unspecified atom stereocenters. The fourth-order valence-corrected chi connectivity index (χ4v) is 3.12. The molecule has 0 aliphatic rings. The van der Waals surface area contributed by atoms with Crippen molar-refractivity contribution in [3.8, 4) is 0 Å². The zero-order valence-electron chi connectivity index (χ0n) is 13.4. The van der Waals surface area contributed by atoms with Crippen LogP contribution in [0.1, 0.15) is 26.3 Å². The van der Waals surface area contributed by atoms with E-state index in [0.717, 1.165) is 22.2 Å². The highest BCUT2D eigenvalue weighted by Crippen LogP contribution is 2.21. The minimum absolute atomic E-state index is 0.0913. The molecule has 0 saturated heterocycles. The molecule has 0 fully saturated rings. The molecule has 3 aromatic rings. The van der Waals surface area contributed by atoms with E-state index in [1.54, 1.807) is 36.5 Å². The van der Waals surface area contributed by atoms with Crippen LogP contribution in [0.25, 0.3) is 10.9 Å². The minimum atomic E-state index is -0.382. The van der Waals surface area contributed by atoms with Crippen molar-refractivity contribution in [2.45, 2.75) is 6.92 Å². The molecular formula is C18H15N3O3S. The molecule has 0 aliphatic carbocycles. The van der Waals surface area contributed by atoms with Gasteiger partial charge in [0.05, 0.1) is 27.5 Å². The number of hydrogen-bond acceptors (Lipinski definition) is 5. The van der Waals surface area contributed by atoms with Gasteiger partial charge in [0.15, 0.2) is 5.78 Å². The van der Waals surface area contributed by atoms with Gasteiger partial charge in [0.1, 0.15) is 0 Å². The topological polar surface area (TPSA) is 88.2 Å². The summed E-state index contributed by atoms with van der Waals surface area (Å²) in [6, 6.07) is 12.3. The number of carbonyl (C=O) groups is 3. The van der Waals surface area contributed by atoms with Gasteiger partial charge in [0, 0.05) is 11.6 Å². The van der Waals surface area contributed by atoms with E-state index in [4.69, 9.17) is 0 Å². The Balaban J connectivity index is 1.62. The van der Waals surface area contributed by atoms with Crippen molar-refractivity contribution in [1.29, 1.82) is 0 Å². The van der Waals surface area contributed by atoms with Gasteiger partial charge in [-0.3, -0.25) is 19.4 Å². The number of amides is 2. The van der Waals surface area contributed by atoms with Crippen LogP contribution < -0.4 is 10.6 Å². The highest BCUT2D eigenvalue weighted by molar-refractivity contribution is 7.15. The van der Waals surface area contributed by atoms with Crippen LogP contribution in [0.15, 0.2) is 48.7 Å². The van der Waals surface area contributed by atoms with E-state index in [0.29, 0.717) is 15.4 Å². The number of carbonyl (C=O) groups excluding carboxylic acids is 3. The lowest BCUT2D eigenvalue weighted by Gasteiger charge is -2.08. The second kappa shape index (κ2) is 7.23. The van der Waals surface area contributed by atoms with Crippen molar-refractivity contribution >= 4 is 45.5 Å². The Hall–Kier alpha value is -3.06. The van der Waals surface area contributed by atoms with Crippen molar-refractivity contribution in [3.63, 3.8) is 0 Å². The Kier molecular flexibility index (Phi) is 4.85. The van der Waals surface area contributed by atoms with Crippen LogP contribution in [-0.2, 0) is 4.79 Å². The predicted octanol–water partition coefficient (Wildman–Crippen LogP) is 2.87. The lowest BCUT2D eigenvalue weighted by molar-refractivity contribution is -0.115. The van der Waals surface area contributed by atoms with E-state index in [2.05, 4.69) is 15.6 Å². The molecule has 2 heterocycles. The van der Waals surface area contributed by atoms with Crippen LogP contribution in [-0.4, -0.2) is 29.1 Å². The summed E-state index contributed by atoms with van der Waals surface area (Å²) < 4.78 is 0. The molecule has 2 N–H and O–H groups in total. The summed E-state index contributed by atoms with van der Waals surface area (Å²) in [6.07, 6.45) is 1.69. The van der Waals surface area contributed by atoms with Crippen molar-refractivity contribution in [2.75, 3.05) is 11.9 Å². The van der Waals surface area contributed by atoms with Crippen molar-refractivity contribution in [2.24, 2.45) is 0 Å². The summed E-state index contributed by atoms with van der Waals surface area (Å²) in [4.78, 5) is 40.6. The van der Waals surface area contributed by atoms with Crippen LogP contribution in [0.5, 0.6) is 0 Å². The third-order valence-corrected chi connectivity index (χ3v) is 4.69. The molecule has 7 heteroatoms. The van der Waals surface area contributed by atoms with E-state index >= 15 is 0 Å². The van der Waals surface area contributed by atoms with Crippen molar-refractivity contribution in [1.82, 2.24) is 10.3 Å². The molecule has 2 aromatic heterocycles. The molecule has 0 atom stereocenters. The molecule has 0 spiro atoms. The smallest absolute Gasteiger partial charge is 0.261 e. The van der Waals surface area contributed by atoms with Gasteiger partial charge in [-0.05, 0) is 43.3 Å². The summed E-state index contributed by atoms with van der Waals surface area (Å²) in [5.41, 5.74) is 1.42. The molecule has 0 aliphatic heterocycles. The number of rotatable bonds is 5. The van der Waals surface area contributed by atoms with Gasteiger partial charge in [-0.2, -0.15) is 0 Å². The van der Waals surface area contributed by atoms with Gasteiger partial charge in [-0.25, -0.2) is 0 Å². The number of thiophene rings is 1. The molecule has 2 amide bonds. The van der Waals surface area contributed by atoms with Gasteiger partial charge < -0.3 is 10.6 Å². The number of benzene rings is 1. The molecule has 0 bridgehead atoms. The predicted molar refractivity (Wildman–Crippen MR) is 97.0 cm³/mol.